The zero-order valence-electron chi connectivity index (χ0n) is 22.7. The average Bonchev–Trinajstić information content (AvgIpc) is 2.84. The SMILES string of the molecule is C=C[C@H]([C@@]1(C)CCCC(C)(C)[C@@H]1OCc1ccc(OC)cc1)[C@](C)(OC1CCCCC1)C(=O)OC. The van der Waals surface area contributed by atoms with E-state index < -0.39 is 5.60 Å². The van der Waals surface area contributed by atoms with Crippen molar-refractivity contribution in [2.24, 2.45) is 16.7 Å². The summed E-state index contributed by atoms with van der Waals surface area (Å²) in [6, 6.07) is 8.01. The van der Waals surface area contributed by atoms with Crippen LogP contribution in [0.2, 0.25) is 0 Å². The van der Waals surface area contributed by atoms with E-state index in [0.29, 0.717) is 6.61 Å². The molecular weight excluding hydrogens is 440 g/mol. The van der Waals surface area contributed by atoms with Crippen LogP contribution in [0, 0.1) is 16.7 Å². The van der Waals surface area contributed by atoms with Gasteiger partial charge in [0.25, 0.3) is 0 Å². The first-order valence-corrected chi connectivity index (χ1v) is 13.2. The number of ether oxygens (including phenoxy) is 4. The maximum absolute atomic E-state index is 13.4. The summed E-state index contributed by atoms with van der Waals surface area (Å²) in [5.74, 6) is 0.244. The van der Waals surface area contributed by atoms with Gasteiger partial charge in [-0.25, -0.2) is 4.79 Å². The summed E-state index contributed by atoms with van der Waals surface area (Å²) < 4.78 is 24.1. The molecule has 5 heteroatoms. The minimum absolute atomic E-state index is 0.0640. The highest BCUT2D eigenvalue weighted by molar-refractivity contribution is 5.80. The lowest BCUT2D eigenvalue weighted by Gasteiger charge is -2.56. The second-order valence-corrected chi connectivity index (χ2v) is 11.6. The number of carbonyl (C=O) groups is 1. The van der Waals surface area contributed by atoms with E-state index in [1.54, 1.807) is 7.11 Å². The Hall–Kier alpha value is -1.85. The van der Waals surface area contributed by atoms with Gasteiger partial charge in [0.1, 0.15) is 5.75 Å². The van der Waals surface area contributed by atoms with Crippen molar-refractivity contribution in [3.63, 3.8) is 0 Å². The molecule has 4 atom stereocenters. The number of esters is 1. The van der Waals surface area contributed by atoms with Gasteiger partial charge >= 0.3 is 5.97 Å². The number of rotatable bonds is 10. The summed E-state index contributed by atoms with van der Waals surface area (Å²) in [4.78, 5) is 13.4. The van der Waals surface area contributed by atoms with Crippen molar-refractivity contribution in [1.29, 1.82) is 0 Å². The Kier molecular flexibility index (Phi) is 9.09. The third-order valence-electron chi connectivity index (χ3n) is 8.52. The normalized spacial score (nSPS) is 27.4. The van der Waals surface area contributed by atoms with Crippen LogP contribution in [0.4, 0.5) is 0 Å². The van der Waals surface area contributed by atoms with Crippen LogP contribution in [0.5, 0.6) is 5.75 Å². The summed E-state index contributed by atoms with van der Waals surface area (Å²) in [6.45, 7) is 13.4. The molecule has 0 aromatic heterocycles. The largest absolute Gasteiger partial charge is 0.497 e. The van der Waals surface area contributed by atoms with Gasteiger partial charge in [-0.2, -0.15) is 0 Å². The number of hydrogen-bond donors (Lipinski definition) is 0. The predicted octanol–water partition coefficient (Wildman–Crippen LogP) is 6.88. The first kappa shape index (κ1) is 27.7. The number of hydrogen-bond acceptors (Lipinski definition) is 5. The number of methoxy groups -OCH3 is 2. The Labute approximate surface area is 212 Å². The summed E-state index contributed by atoms with van der Waals surface area (Å²) in [5, 5.41) is 0. The molecule has 0 saturated heterocycles. The quantitative estimate of drug-likeness (QED) is 0.266. The van der Waals surface area contributed by atoms with E-state index in [-0.39, 0.29) is 34.9 Å². The van der Waals surface area contributed by atoms with Gasteiger partial charge in [0, 0.05) is 11.3 Å². The Morgan fingerprint density at radius 3 is 2.31 bits per heavy atom. The fraction of sp³-hybridized carbons (Fsp3) is 0.700. The van der Waals surface area contributed by atoms with Crippen molar-refractivity contribution in [1.82, 2.24) is 0 Å². The van der Waals surface area contributed by atoms with Crippen molar-refractivity contribution in [3.05, 3.63) is 42.5 Å². The van der Waals surface area contributed by atoms with Gasteiger partial charge in [-0.3, -0.25) is 0 Å². The molecule has 1 aromatic carbocycles. The molecule has 2 saturated carbocycles. The monoisotopic (exact) mass is 486 g/mol. The third-order valence-corrected chi connectivity index (χ3v) is 8.52. The molecule has 0 unspecified atom stereocenters. The van der Waals surface area contributed by atoms with Gasteiger partial charge in [-0.05, 0) is 55.7 Å². The first-order valence-electron chi connectivity index (χ1n) is 13.2. The van der Waals surface area contributed by atoms with E-state index in [4.69, 9.17) is 18.9 Å². The average molecular weight is 487 g/mol. The highest BCUT2D eigenvalue weighted by Crippen LogP contribution is 2.56. The van der Waals surface area contributed by atoms with Crippen molar-refractivity contribution < 1.29 is 23.7 Å². The van der Waals surface area contributed by atoms with E-state index in [1.807, 2.05) is 37.3 Å². The minimum Gasteiger partial charge on any atom is -0.497 e. The highest BCUT2D eigenvalue weighted by atomic mass is 16.6. The number of carbonyl (C=O) groups excluding carboxylic acids is 1. The maximum Gasteiger partial charge on any atom is 0.338 e. The van der Waals surface area contributed by atoms with Crippen LogP contribution in [0.15, 0.2) is 36.9 Å². The van der Waals surface area contributed by atoms with Gasteiger partial charge in [0.2, 0.25) is 0 Å². The summed E-state index contributed by atoms with van der Waals surface area (Å²) in [6.07, 6.45) is 10.4. The Morgan fingerprint density at radius 2 is 1.74 bits per heavy atom. The van der Waals surface area contributed by atoms with Gasteiger partial charge in [0.15, 0.2) is 5.60 Å². The molecule has 196 valence electrons. The lowest BCUT2D eigenvalue weighted by molar-refractivity contribution is -0.215. The lowest BCUT2D eigenvalue weighted by Crippen LogP contribution is -2.60. The molecule has 0 N–H and O–H groups in total. The zero-order chi connectivity index (χ0) is 25.7. The highest BCUT2D eigenvalue weighted by Gasteiger charge is 2.58. The van der Waals surface area contributed by atoms with Gasteiger partial charge in [-0.1, -0.05) is 64.7 Å². The maximum atomic E-state index is 13.4. The van der Waals surface area contributed by atoms with Crippen LogP contribution >= 0.6 is 0 Å². The molecule has 0 radical (unpaired) electrons. The van der Waals surface area contributed by atoms with E-state index in [0.717, 1.165) is 56.3 Å². The van der Waals surface area contributed by atoms with E-state index >= 15 is 0 Å². The van der Waals surface area contributed by atoms with Crippen LogP contribution in [-0.4, -0.2) is 38.0 Å². The minimum atomic E-state index is -1.12. The molecule has 5 nitrogen and oxygen atoms in total. The van der Waals surface area contributed by atoms with Gasteiger partial charge in [-0.15, -0.1) is 6.58 Å². The Balaban J connectivity index is 1.93. The van der Waals surface area contributed by atoms with Gasteiger partial charge < -0.3 is 18.9 Å². The number of benzene rings is 1. The molecule has 2 fully saturated rings. The van der Waals surface area contributed by atoms with E-state index in [9.17, 15) is 4.79 Å². The Bertz CT molecular complexity index is 841. The standard InChI is InChI=1S/C30H46O5/c1-8-25(30(5,27(31)33-7)35-24-13-10-9-11-14-24)29(4)20-12-19-28(2,3)26(29)34-21-22-15-17-23(32-6)18-16-22/h8,15-18,24-26H,1,9-14,19-21H2,2-7H3/t25-,26+,29-,30+/m1/s1. The second kappa shape index (κ2) is 11.5. The molecule has 3 rings (SSSR count). The molecular formula is C30H46O5. The molecule has 1 aromatic rings. The van der Waals surface area contributed by atoms with Crippen molar-refractivity contribution in [3.8, 4) is 5.75 Å². The zero-order valence-corrected chi connectivity index (χ0v) is 22.7. The molecule has 0 bridgehead atoms. The summed E-state index contributed by atoms with van der Waals surface area (Å²) in [5.41, 5.74) is -0.447. The molecule has 2 aliphatic rings. The van der Waals surface area contributed by atoms with Crippen molar-refractivity contribution >= 4 is 5.97 Å². The van der Waals surface area contributed by atoms with Crippen LogP contribution in [-0.2, 0) is 25.6 Å². The van der Waals surface area contributed by atoms with Crippen LogP contribution in [0.3, 0.4) is 0 Å². The fourth-order valence-corrected chi connectivity index (χ4v) is 6.82. The summed E-state index contributed by atoms with van der Waals surface area (Å²) >= 11 is 0. The first-order chi connectivity index (χ1) is 16.6. The molecule has 2 aliphatic carbocycles. The van der Waals surface area contributed by atoms with Crippen LogP contribution < -0.4 is 4.74 Å². The second-order valence-electron chi connectivity index (χ2n) is 11.6. The fourth-order valence-electron chi connectivity index (χ4n) is 6.82. The van der Waals surface area contributed by atoms with Crippen LogP contribution in [0.25, 0.3) is 0 Å². The molecule has 0 spiro atoms. The topological polar surface area (TPSA) is 54.0 Å². The third kappa shape index (κ3) is 5.94. The van der Waals surface area contributed by atoms with Gasteiger partial charge in [0.05, 0.1) is 33.0 Å². The molecule has 0 amide bonds. The molecule has 0 aliphatic heterocycles. The molecule has 0 heterocycles. The Morgan fingerprint density at radius 1 is 1.09 bits per heavy atom. The van der Waals surface area contributed by atoms with E-state index in [2.05, 4.69) is 27.4 Å². The van der Waals surface area contributed by atoms with Crippen LogP contribution in [0.1, 0.15) is 84.6 Å². The predicted molar refractivity (Wildman–Crippen MR) is 139 cm³/mol. The molecule has 35 heavy (non-hydrogen) atoms. The smallest absolute Gasteiger partial charge is 0.338 e. The van der Waals surface area contributed by atoms with Crippen molar-refractivity contribution in [2.45, 2.75) is 103 Å². The lowest BCUT2D eigenvalue weighted by atomic mass is 9.54. The van der Waals surface area contributed by atoms with E-state index in [1.165, 1.54) is 13.5 Å². The summed E-state index contributed by atoms with van der Waals surface area (Å²) in [7, 11) is 3.13. The van der Waals surface area contributed by atoms with Crippen molar-refractivity contribution in [2.75, 3.05) is 14.2 Å².